The first-order valence-corrected chi connectivity index (χ1v) is 10.9. The molecule has 0 spiro atoms. The molecule has 1 unspecified atom stereocenters. The van der Waals surface area contributed by atoms with Crippen LogP contribution in [0.25, 0.3) is 17.0 Å². The minimum Gasteiger partial charge on any atom is -0.550 e. The first-order valence-electron chi connectivity index (χ1n) is 10.9. The molecule has 0 saturated heterocycles. The Morgan fingerprint density at radius 1 is 1.17 bits per heavy atom. The normalized spacial score (nSPS) is 12.2. The van der Waals surface area contributed by atoms with Crippen LogP contribution in [0.15, 0.2) is 48.7 Å². The van der Waals surface area contributed by atoms with Gasteiger partial charge in [0.05, 0.1) is 18.8 Å². The number of halogens is 3. The average molecular weight is 494 g/mol. The minimum atomic E-state index is -1.19. The van der Waals surface area contributed by atoms with E-state index < -0.39 is 29.3 Å². The molecule has 0 amide bonds. The summed E-state index contributed by atoms with van der Waals surface area (Å²) in [6, 6.07) is 8.40. The van der Waals surface area contributed by atoms with Crippen molar-refractivity contribution in [2.75, 3.05) is 27.2 Å². The molecule has 5 nitrogen and oxygen atoms in total. The van der Waals surface area contributed by atoms with Crippen molar-refractivity contribution in [3.8, 4) is 5.75 Å². The van der Waals surface area contributed by atoms with Gasteiger partial charge in [0.1, 0.15) is 23.2 Å². The number of aryl methyl sites for hydroxylation is 1. The zero-order valence-electron chi connectivity index (χ0n) is 20.1. The van der Waals surface area contributed by atoms with Gasteiger partial charge in [0.15, 0.2) is 0 Å². The molecule has 0 saturated carbocycles. The first kappa shape index (κ1) is 28.8. The molecule has 35 heavy (non-hydrogen) atoms. The van der Waals surface area contributed by atoms with E-state index in [4.69, 9.17) is 4.74 Å². The van der Waals surface area contributed by atoms with Crippen LogP contribution in [0.4, 0.5) is 13.2 Å². The second-order valence-electron chi connectivity index (χ2n) is 8.17. The van der Waals surface area contributed by atoms with Crippen LogP contribution >= 0.6 is 0 Å². The number of rotatable bonds is 11. The predicted molar refractivity (Wildman–Crippen MR) is 123 cm³/mol. The maximum Gasteiger partial charge on any atom is 1.00 e. The standard InChI is InChI=1S/C26H27F3N2O3.Na/c1-31(12-4-6-17-13-19(27)8-10-23(17)28)16-18(26(32)33)5-3-7-21-22-14-20(34-2)9-11-25(22)30-15-24(21)29;/h4,6,8-11,13-15,18H,3,5,7,12,16H2,1-2H3,(H,32,33);/q;+1/p-1/b6-4+;. The number of carboxylic acid groups (broad SMARTS) is 1. The van der Waals surface area contributed by atoms with E-state index in [1.807, 2.05) is 0 Å². The topological polar surface area (TPSA) is 65.5 Å². The van der Waals surface area contributed by atoms with Crippen molar-refractivity contribution in [2.45, 2.75) is 19.3 Å². The maximum absolute atomic E-state index is 14.5. The van der Waals surface area contributed by atoms with E-state index in [-0.39, 0.29) is 41.7 Å². The molecule has 180 valence electrons. The molecular weight excluding hydrogens is 468 g/mol. The molecule has 0 aliphatic heterocycles. The van der Waals surface area contributed by atoms with Crippen LogP contribution < -0.4 is 39.4 Å². The number of fused-ring (bicyclic) bond motifs is 1. The Balaban J connectivity index is 0.00000432. The third kappa shape index (κ3) is 8.07. The number of methoxy groups -OCH3 is 1. The van der Waals surface area contributed by atoms with E-state index in [0.29, 0.717) is 48.0 Å². The number of carbonyl (C=O) groups excluding carboxylic acids is 1. The van der Waals surface area contributed by atoms with Gasteiger partial charge in [-0.25, -0.2) is 13.2 Å². The average Bonchev–Trinajstić information content (AvgIpc) is 2.81. The van der Waals surface area contributed by atoms with Crippen LogP contribution in [0.5, 0.6) is 5.75 Å². The van der Waals surface area contributed by atoms with Gasteiger partial charge in [0.2, 0.25) is 0 Å². The number of aromatic nitrogens is 1. The summed E-state index contributed by atoms with van der Waals surface area (Å²) < 4.78 is 46.7. The fraction of sp³-hybridized carbons (Fsp3) is 0.308. The Labute approximate surface area is 224 Å². The Morgan fingerprint density at radius 3 is 2.66 bits per heavy atom. The number of nitrogens with zero attached hydrogens (tertiary/aromatic N) is 2. The second kappa shape index (κ2) is 13.6. The summed E-state index contributed by atoms with van der Waals surface area (Å²) in [6.45, 7) is 0.537. The van der Waals surface area contributed by atoms with E-state index in [1.165, 1.54) is 19.4 Å². The van der Waals surface area contributed by atoms with Gasteiger partial charge >= 0.3 is 29.6 Å². The minimum absolute atomic E-state index is 0. The number of pyridine rings is 1. The molecule has 0 N–H and O–H groups in total. The number of carbonyl (C=O) groups is 1. The molecule has 1 atom stereocenters. The summed E-state index contributed by atoms with van der Waals surface area (Å²) in [5.74, 6) is -2.90. The largest absolute Gasteiger partial charge is 1.00 e. The Kier molecular flexibility index (Phi) is 11.2. The van der Waals surface area contributed by atoms with Crippen molar-refractivity contribution in [1.29, 1.82) is 0 Å². The fourth-order valence-corrected chi connectivity index (χ4v) is 3.84. The van der Waals surface area contributed by atoms with Crippen molar-refractivity contribution in [3.05, 3.63) is 77.2 Å². The molecule has 0 aliphatic rings. The number of ether oxygens (including phenoxy) is 1. The summed E-state index contributed by atoms with van der Waals surface area (Å²) in [4.78, 5) is 17.5. The number of carboxylic acids is 1. The quantitative estimate of drug-likeness (QED) is 0.372. The SMILES string of the molecule is COc1ccc2ncc(F)c(CCCC(CN(C)C/C=C/c3cc(F)ccc3F)C(=O)[O-])c2c1.[Na+]. The molecule has 0 radical (unpaired) electrons. The molecule has 0 aliphatic carbocycles. The van der Waals surface area contributed by atoms with E-state index >= 15 is 0 Å². The van der Waals surface area contributed by atoms with E-state index in [9.17, 15) is 23.1 Å². The van der Waals surface area contributed by atoms with Gasteiger partial charge in [-0.1, -0.05) is 12.2 Å². The van der Waals surface area contributed by atoms with Gasteiger partial charge in [-0.3, -0.25) is 4.98 Å². The van der Waals surface area contributed by atoms with Gasteiger partial charge in [-0.2, -0.15) is 0 Å². The second-order valence-corrected chi connectivity index (χ2v) is 8.17. The van der Waals surface area contributed by atoms with Gasteiger partial charge in [0, 0.05) is 35.9 Å². The van der Waals surface area contributed by atoms with Crippen LogP contribution in [0, 0.1) is 23.4 Å². The zero-order valence-corrected chi connectivity index (χ0v) is 22.1. The van der Waals surface area contributed by atoms with Gasteiger partial charge in [0.25, 0.3) is 0 Å². The molecular formula is C26H26F3N2NaO3. The summed E-state index contributed by atoms with van der Waals surface area (Å²) in [5, 5.41) is 12.3. The molecule has 9 heteroatoms. The monoisotopic (exact) mass is 494 g/mol. The fourth-order valence-electron chi connectivity index (χ4n) is 3.84. The van der Waals surface area contributed by atoms with Crippen molar-refractivity contribution in [3.63, 3.8) is 0 Å². The first-order chi connectivity index (χ1) is 16.3. The van der Waals surface area contributed by atoms with Crippen molar-refractivity contribution in [1.82, 2.24) is 9.88 Å². The summed E-state index contributed by atoms with van der Waals surface area (Å²) in [5.41, 5.74) is 1.22. The van der Waals surface area contributed by atoms with Crippen molar-refractivity contribution < 1.29 is 57.4 Å². The van der Waals surface area contributed by atoms with Crippen LogP contribution in [0.2, 0.25) is 0 Å². The Bertz CT molecular complexity index is 1190. The number of hydrogen-bond acceptors (Lipinski definition) is 5. The third-order valence-electron chi connectivity index (χ3n) is 5.65. The summed E-state index contributed by atoms with van der Waals surface area (Å²) in [6.07, 6.45) is 5.32. The Morgan fingerprint density at radius 2 is 1.94 bits per heavy atom. The molecule has 3 rings (SSSR count). The molecule has 2 aromatic carbocycles. The molecule has 1 aromatic heterocycles. The van der Waals surface area contributed by atoms with Crippen LogP contribution in [-0.2, 0) is 11.2 Å². The predicted octanol–water partition coefficient (Wildman–Crippen LogP) is 0.999. The Hall–Kier alpha value is -2.39. The zero-order chi connectivity index (χ0) is 24.7. The van der Waals surface area contributed by atoms with Gasteiger partial charge < -0.3 is 19.5 Å². The summed E-state index contributed by atoms with van der Waals surface area (Å²) >= 11 is 0. The number of hydrogen-bond donors (Lipinski definition) is 0. The van der Waals surface area contributed by atoms with Gasteiger partial charge in [-0.15, -0.1) is 0 Å². The van der Waals surface area contributed by atoms with Crippen molar-refractivity contribution >= 4 is 22.9 Å². The molecule has 0 bridgehead atoms. The van der Waals surface area contributed by atoms with Crippen LogP contribution in [0.3, 0.4) is 0 Å². The van der Waals surface area contributed by atoms with E-state index in [1.54, 1.807) is 36.2 Å². The summed E-state index contributed by atoms with van der Waals surface area (Å²) in [7, 11) is 3.25. The van der Waals surface area contributed by atoms with Gasteiger partial charge in [-0.05, 0) is 68.3 Å². The number of likely N-dealkylation sites (N-methyl/N-ethyl adjacent to an activating group) is 1. The molecule has 0 fully saturated rings. The molecule has 3 aromatic rings. The molecule has 1 heterocycles. The van der Waals surface area contributed by atoms with E-state index in [0.717, 1.165) is 18.2 Å². The smallest absolute Gasteiger partial charge is 0.550 e. The van der Waals surface area contributed by atoms with Crippen molar-refractivity contribution in [2.24, 2.45) is 5.92 Å². The number of aliphatic carboxylic acids is 1. The maximum atomic E-state index is 14.5. The van der Waals surface area contributed by atoms with E-state index in [2.05, 4.69) is 4.98 Å². The van der Waals surface area contributed by atoms with Crippen LogP contribution in [-0.4, -0.2) is 43.1 Å². The number of benzene rings is 2. The third-order valence-corrected chi connectivity index (χ3v) is 5.65. The van der Waals surface area contributed by atoms with Crippen LogP contribution in [0.1, 0.15) is 24.0 Å².